The number of amides is 1. The quantitative estimate of drug-likeness (QED) is 0.790. The highest BCUT2D eigenvalue weighted by Gasteiger charge is 2.27. The van der Waals surface area contributed by atoms with Crippen molar-refractivity contribution in [2.75, 3.05) is 39.3 Å². The van der Waals surface area contributed by atoms with Gasteiger partial charge in [0.15, 0.2) is 0 Å². The number of hydrogen-bond donors (Lipinski definition) is 1. The number of carbonyl (C=O) groups excluding carboxylic acids is 1. The molecular formula is C18H32Cl2N4OS. The van der Waals surface area contributed by atoms with Crippen molar-refractivity contribution in [2.24, 2.45) is 11.7 Å². The van der Waals surface area contributed by atoms with Gasteiger partial charge in [-0.1, -0.05) is 12.8 Å². The van der Waals surface area contributed by atoms with E-state index in [4.69, 9.17) is 5.73 Å². The predicted molar refractivity (Wildman–Crippen MR) is 113 cm³/mol. The van der Waals surface area contributed by atoms with Gasteiger partial charge in [0.1, 0.15) is 5.69 Å². The van der Waals surface area contributed by atoms with Crippen LogP contribution in [0.4, 0.5) is 0 Å². The van der Waals surface area contributed by atoms with Gasteiger partial charge < -0.3 is 15.5 Å². The highest BCUT2D eigenvalue weighted by Crippen LogP contribution is 2.22. The molecule has 5 nitrogen and oxygen atoms in total. The molecule has 3 rings (SSSR count). The molecule has 26 heavy (non-hydrogen) atoms. The molecule has 2 aliphatic heterocycles. The zero-order valence-corrected chi connectivity index (χ0v) is 17.8. The van der Waals surface area contributed by atoms with Gasteiger partial charge in [-0.2, -0.15) is 0 Å². The van der Waals surface area contributed by atoms with Crippen LogP contribution in [0.1, 0.15) is 54.0 Å². The second kappa shape index (κ2) is 12.1. The maximum atomic E-state index is 12.7. The number of halogens is 2. The summed E-state index contributed by atoms with van der Waals surface area (Å²) >= 11 is 1.55. The van der Waals surface area contributed by atoms with Gasteiger partial charge in [-0.05, 0) is 51.2 Å². The summed E-state index contributed by atoms with van der Waals surface area (Å²) in [6, 6.07) is 0. The molecule has 3 heterocycles. The van der Waals surface area contributed by atoms with Crippen molar-refractivity contribution in [3.05, 3.63) is 16.1 Å². The highest BCUT2D eigenvalue weighted by molar-refractivity contribution is 7.09. The summed E-state index contributed by atoms with van der Waals surface area (Å²) in [5.41, 5.74) is 6.18. The number of thiazole rings is 1. The van der Waals surface area contributed by atoms with Crippen molar-refractivity contribution in [1.82, 2.24) is 14.8 Å². The third kappa shape index (κ3) is 6.64. The lowest BCUT2D eigenvalue weighted by Gasteiger charge is -2.35. The SMILES string of the molecule is Cl.Cl.NCCc1nc(C(=O)N2CCCC(CN3CCCCCC3)C2)cs1. The molecule has 1 aromatic rings. The van der Waals surface area contributed by atoms with E-state index in [0.717, 1.165) is 37.5 Å². The zero-order valence-electron chi connectivity index (χ0n) is 15.4. The van der Waals surface area contributed by atoms with E-state index in [0.29, 0.717) is 18.2 Å². The number of rotatable bonds is 5. The molecule has 2 N–H and O–H groups in total. The molecule has 8 heteroatoms. The fraction of sp³-hybridized carbons (Fsp3) is 0.778. The molecule has 0 bridgehead atoms. The van der Waals surface area contributed by atoms with Crippen LogP contribution in [0.25, 0.3) is 0 Å². The van der Waals surface area contributed by atoms with Crippen LogP contribution in [0.3, 0.4) is 0 Å². The van der Waals surface area contributed by atoms with Crippen LogP contribution in [0.5, 0.6) is 0 Å². The standard InChI is InChI=1S/C18H30N4OS.2ClH/c19-8-7-17-20-16(14-24-17)18(23)22-11-5-6-15(13-22)12-21-9-3-1-2-4-10-21;;/h14-15H,1-13,19H2;2*1H. The van der Waals surface area contributed by atoms with Crippen LogP contribution in [-0.2, 0) is 6.42 Å². The van der Waals surface area contributed by atoms with Gasteiger partial charge >= 0.3 is 0 Å². The van der Waals surface area contributed by atoms with Crippen LogP contribution in [0, 0.1) is 5.92 Å². The summed E-state index contributed by atoms with van der Waals surface area (Å²) in [7, 11) is 0. The molecule has 0 aliphatic carbocycles. The minimum absolute atomic E-state index is 0. The molecule has 1 aromatic heterocycles. The first-order chi connectivity index (χ1) is 11.8. The Morgan fingerprint density at radius 2 is 1.88 bits per heavy atom. The van der Waals surface area contributed by atoms with E-state index in [9.17, 15) is 4.79 Å². The van der Waals surface area contributed by atoms with E-state index in [2.05, 4.69) is 9.88 Å². The van der Waals surface area contributed by atoms with Crippen LogP contribution in [0.2, 0.25) is 0 Å². The predicted octanol–water partition coefficient (Wildman–Crippen LogP) is 3.22. The minimum Gasteiger partial charge on any atom is -0.337 e. The molecule has 0 aromatic carbocycles. The van der Waals surface area contributed by atoms with Gasteiger partial charge in [0.2, 0.25) is 0 Å². The molecule has 2 fully saturated rings. The smallest absolute Gasteiger partial charge is 0.273 e. The maximum Gasteiger partial charge on any atom is 0.273 e. The maximum absolute atomic E-state index is 12.7. The molecule has 2 aliphatic rings. The Morgan fingerprint density at radius 3 is 2.58 bits per heavy atom. The van der Waals surface area contributed by atoms with Crippen molar-refractivity contribution in [3.8, 4) is 0 Å². The third-order valence-corrected chi connectivity index (χ3v) is 6.06. The van der Waals surface area contributed by atoms with Crippen molar-refractivity contribution in [2.45, 2.75) is 44.9 Å². The molecule has 1 atom stereocenters. The van der Waals surface area contributed by atoms with E-state index in [1.165, 1.54) is 45.2 Å². The molecule has 1 unspecified atom stereocenters. The Labute approximate surface area is 173 Å². The average molecular weight is 423 g/mol. The first-order valence-electron chi connectivity index (χ1n) is 9.42. The summed E-state index contributed by atoms with van der Waals surface area (Å²) in [5.74, 6) is 0.720. The number of aromatic nitrogens is 1. The fourth-order valence-corrected chi connectivity index (χ4v) is 4.68. The zero-order chi connectivity index (χ0) is 16.8. The number of hydrogen-bond acceptors (Lipinski definition) is 5. The molecule has 2 saturated heterocycles. The van der Waals surface area contributed by atoms with Crippen molar-refractivity contribution in [1.29, 1.82) is 0 Å². The van der Waals surface area contributed by atoms with Gasteiger partial charge in [-0.3, -0.25) is 4.79 Å². The van der Waals surface area contributed by atoms with Crippen LogP contribution < -0.4 is 5.73 Å². The first-order valence-corrected chi connectivity index (χ1v) is 10.3. The summed E-state index contributed by atoms with van der Waals surface area (Å²) in [5, 5.41) is 2.87. The lowest BCUT2D eigenvalue weighted by atomic mass is 9.97. The van der Waals surface area contributed by atoms with E-state index < -0.39 is 0 Å². The molecular weight excluding hydrogens is 391 g/mol. The molecule has 1 amide bonds. The van der Waals surface area contributed by atoms with Crippen molar-refractivity contribution in [3.63, 3.8) is 0 Å². The van der Waals surface area contributed by atoms with Crippen molar-refractivity contribution >= 4 is 42.1 Å². The summed E-state index contributed by atoms with van der Waals surface area (Å²) in [4.78, 5) is 21.8. The Kier molecular flexibility index (Phi) is 11.0. The van der Waals surface area contributed by atoms with Gasteiger partial charge in [0.25, 0.3) is 5.91 Å². The van der Waals surface area contributed by atoms with Crippen LogP contribution in [-0.4, -0.2) is 60.0 Å². The third-order valence-electron chi connectivity index (χ3n) is 5.15. The van der Waals surface area contributed by atoms with Crippen molar-refractivity contribution < 1.29 is 4.79 Å². The number of piperidine rings is 1. The van der Waals surface area contributed by atoms with Gasteiger partial charge in [0, 0.05) is 31.4 Å². The lowest BCUT2D eigenvalue weighted by molar-refractivity contribution is 0.0636. The summed E-state index contributed by atoms with van der Waals surface area (Å²) < 4.78 is 0. The molecule has 0 saturated carbocycles. The fourth-order valence-electron chi connectivity index (χ4n) is 3.89. The van der Waals surface area contributed by atoms with Gasteiger partial charge in [0.05, 0.1) is 5.01 Å². The van der Waals surface area contributed by atoms with E-state index in [1.54, 1.807) is 11.3 Å². The second-order valence-electron chi connectivity index (χ2n) is 7.14. The van der Waals surface area contributed by atoms with Gasteiger partial charge in [-0.25, -0.2) is 4.98 Å². The lowest BCUT2D eigenvalue weighted by Crippen LogP contribution is -2.44. The number of likely N-dealkylation sites (tertiary alicyclic amines) is 2. The monoisotopic (exact) mass is 422 g/mol. The first kappa shape index (κ1) is 23.6. The van der Waals surface area contributed by atoms with Crippen LogP contribution in [0.15, 0.2) is 5.38 Å². The van der Waals surface area contributed by atoms with E-state index >= 15 is 0 Å². The van der Waals surface area contributed by atoms with E-state index in [1.807, 2.05) is 10.3 Å². The molecule has 0 radical (unpaired) electrons. The topological polar surface area (TPSA) is 62.5 Å². The molecule has 150 valence electrons. The Hall–Kier alpha value is -0.400. The number of nitrogens with zero attached hydrogens (tertiary/aromatic N) is 3. The second-order valence-corrected chi connectivity index (χ2v) is 8.08. The number of carbonyl (C=O) groups is 1. The number of nitrogens with two attached hydrogens (primary N) is 1. The largest absolute Gasteiger partial charge is 0.337 e. The summed E-state index contributed by atoms with van der Waals surface area (Å²) in [6.07, 6.45) is 8.53. The normalized spacial score (nSPS) is 21.4. The minimum atomic E-state index is 0. The Morgan fingerprint density at radius 1 is 1.15 bits per heavy atom. The Balaban J connectivity index is 0.00000169. The Bertz CT molecular complexity index is 535. The highest BCUT2D eigenvalue weighted by atomic mass is 35.5. The van der Waals surface area contributed by atoms with Crippen LogP contribution >= 0.6 is 36.2 Å². The van der Waals surface area contributed by atoms with Gasteiger partial charge in [-0.15, -0.1) is 36.2 Å². The average Bonchev–Trinajstić information content (AvgIpc) is 2.91. The summed E-state index contributed by atoms with van der Waals surface area (Å²) in [6.45, 7) is 5.97. The van der Waals surface area contributed by atoms with E-state index in [-0.39, 0.29) is 30.7 Å². The molecule has 0 spiro atoms.